The van der Waals surface area contributed by atoms with E-state index in [-0.39, 0.29) is 0 Å². The number of rotatable bonds is 2. The molecule has 1 saturated heterocycles. The molecule has 0 spiro atoms. The van der Waals surface area contributed by atoms with Crippen molar-refractivity contribution in [2.45, 2.75) is 25.8 Å². The standard InChI is InChI=1S/C9H18N2/c1-8(2)11(3)9-4-6-10-7-5-9/h9-10H,1,4-7H2,2-3H3. The van der Waals surface area contributed by atoms with Crippen molar-refractivity contribution in [1.29, 1.82) is 0 Å². The minimum Gasteiger partial charge on any atom is -0.376 e. The van der Waals surface area contributed by atoms with Gasteiger partial charge in [0.25, 0.3) is 0 Å². The summed E-state index contributed by atoms with van der Waals surface area (Å²) in [5.74, 6) is 0. The van der Waals surface area contributed by atoms with E-state index in [1.165, 1.54) is 18.5 Å². The molecule has 0 radical (unpaired) electrons. The van der Waals surface area contributed by atoms with Crippen molar-refractivity contribution in [2.75, 3.05) is 20.1 Å². The van der Waals surface area contributed by atoms with E-state index in [0.29, 0.717) is 6.04 Å². The molecule has 0 unspecified atom stereocenters. The summed E-state index contributed by atoms with van der Waals surface area (Å²) in [6.45, 7) is 8.32. The molecule has 2 nitrogen and oxygen atoms in total. The highest BCUT2D eigenvalue weighted by atomic mass is 15.1. The molecule has 0 atom stereocenters. The van der Waals surface area contributed by atoms with Gasteiger partial charge in [-0.1, -0.05) is 6.58 Å². The molecule has 1 heterocycles. The third-order valence-corrected chi connectivity index (χ3v) is 2.46. The van der Waals surface area contributed by atoms with E-state index in [4.69, 9.17) is 0 Å². The minimum absolute atomic E-state index is 0.716. The number of allylic oxidation sites excluding steroid dienone is 1. The zero-order valence-electron chi connectivity index (χ0n) is 7.56. The van der Waals surface area contributed by atoms with Gasteiger partial charge in [-0.2, -0.15) is 0 Å². The summed E-state index contributed by atoms with van der Waals surface area (Å²) in [6, 6.07) is 0.716. The quantitative estimate of drug-likeness (QED) is 0.643. The monoisotopic (exact) mass is 154 g/mol. The fourth-order valence-corrected chi connectivity index (χ4v) is 1.51. The van der Waals surface area contributed by atoms with Crippen molar-refractivity contribution in [3.05, 3.63) is 12.3 Å². The maximum atomic E-state index is 3.94. The van der Waals surface area contributed by atoms with Crippen LogP contribution in [0.2, 0.25) is 0 Å². The molecule has 1 aliphatic heterocycles. The van der Waals surface area contributed by atoms with E-state index in [1.54, 1.807) is 0 Å². The summed E-state index contributed by atoms with van der Waals surface area (Å²) in [4.78, 5) is 2.29. The summed E-state index contributed by atoms with van der Waals surface area (Å²) in [5.41, 5.74) is 1.18. The molecular weight excluding hydrogens is 136 g/mol. The van der Waals surface area contributed by atoms with Crippen LogP contribution in [-0.2, 0) is 0 Å². The van der Waals surface area contributed by atoms with Crippen LogP contribution < -0.4 is 5.32 Å². The normalized spacial score (nSPS) is 19.8. The van der Waals surface area contributed by atoms with Crippen molar-refractivity contribution < 1.29 is 0 Å². The summed E-state index contributed by atoms with van der Waals surface area (Å²) in [6.07, 6.45) is 2.51. The predicted molar refractivity (Wildman–Crippen MR) is 48.5 cm³/mol. The first-order valence-corrected chi connectivity index (χ1v) is 4.31. The Morgan fingerprint density at radius 3 is 2.45 bits per heavy atom. The molecule has 1 aliphatic rings. The number of hydrogen-bond acceptors (Lipinski definition) is 2. The van der Waals surface area contributed by atoms with Gasteiger partial charge in [0.05, 0.1) is 0 Å². The van der Waals surface area contributed by atoms with Crippen molar-refractivity contribution >= 4 is 0 Å². The lowest BCUT2D eigenvalue weighted by Crippen LogP contribution is -2.40. The highest BCUT2D eigenvalue weighted by molar-refractivity contribution is 4.91. The third kappa shape index (κ3) is 2.22. The van der Waals surface area contributed by atoms with E-state index in [0.717, 1.165) is 13.1 Å². The molecule has 0 amide bonds. The lowest BCUT2D eigenvalue weighted by molar-refractivity contribution is 0.246. The van der Waals surface area contributed by atoms with Crippen molar-refractivity contribution in [2.24, 2.45) is 0 Å². The summed E-state index contributed by atoms with van der Waals surface area (Å²) in [5, 5.41) is 3.35. The maximum absolute atomic E-state index is 3.94. The van der Waals surface area contributed by atoms with Gasteiger partial charge in [-0.15, -0.1) is 0 Å². The highest BCUT2D eigenvalue weighted by Crippen LogP contribution is 2.13. The van der Waals surface area contributed by atoms with Gasteiger partial charge in [-0.3, -0.25) is 0 Å². The van der Waals surface area contributed by atoms with Gasteiger partial charge in [0.2, 0.25) is 0 Å². The zero-order valence-corrected chi connectivity index (χ0v) is 7.56. The third-order valence-electron chi connectivity index (χ3n) is 2.46. The fraction of sp³-hybridized carbons (Fsp3) is 0.778. The van der Waals surface area contributed by atoms with E-state index in [9.17, 15) is 0 Å². The van der Waals surface area contributed by atoms with Gasteiger partial charge in [-0.05, 0) is 32.9 Å². The second kappa shape index (κ2) is 3.77. The van der Waals surface area contributed by atoms with Gasteiger partial charge in [-0.25, -0.2) is 0 Å². The van der Waals surface area contributed by atoms with Crippen LogP contribution in [0.15, 0.2) is 12.3 Å². The van der Waals surface area contributed by atoms with Gasteiger partial charge in [0.1, 0.15) is 0 Å². The number of piperidine rings is 1. The Morgan fingerprint density at radius 1 is 1.45 bits per heavy atom. The molecule has 1 rings (SSSR count). The average molecular weight is 154 g/mol. The molecule has 0 aromatic rings. The van der Waals surface area contributed by atoms with Crippen molar-refractivity contribution in [1.82, 2.24) is 10.2 Å². The first-order chi connectivity index (χ1) is 5.22. The average Bonchev–Trinajstić information content (AvgIpc) is 2.05. The molecule has 64 valence electrons. The predicted octanol–water partition coefficient (Wildman–Crippen LogP) is 1.20. The van der Waals surface area contributed by atoms with E-state index in [1.807, 2.05) is 0 Å². The second-order valence-corrected chi connectivity index (χ2v) is 3.33. The topological polar surface area (TPSA) is 15.3 Å². The van der Waals surface area contributed by atoms with Crippen LogP contribution in [0.4, 0.5) is 0 Å². The van der Waals surface area contributed by atoms with Crippen LogP contribution in [-0.4, -0.2) is 31.1 Å². The fourth-order valence-electron chi connectivity index (χ4n) is 1.51. The van der Waals surface area contributed by atoms with E-state index >= 15 is 0 Å². The SMILES string of the molecule is C=C(C)N(C)C1CCNCC1. The molecule has 2 heteroatoms. The maximum Gasteiger partial charge on any atom is 0.0307 e. The first-order valence-electron chi connectivity index (χ1n) is 4.31. The highest BCUT2D eigenvalue weighted by Gasteiger charge is 2.16. The van der Waals surface area contributed by atoms with Crippen LogP contribution in [0.25, 0.3) is 0 Å². The lowest BCUT2D eigenvalue weighted by Gasteiger charge is -2.33. The Kier molecular flexibility index (Phi) is 2.94. The second-order valence-electron chi connectivity index (χ2n) is 3.33. The lowest BCUT2D eigenvalue weighted by atomic mass is 10.1. The first kappa shape index (κ1) is 8.60. The van der Waals surface area contributed by atoms with Crippen molar-refractivity contribution in [3.63, 3.8) is 0 Å². The molecule has 0 aromatic carbocycles. The summed E-state index contributed by atoms with van der Waals surface area (Å²) >= 11 is 0. The van der Waals surface area contributed by atoms with Gasteiger partial charge in [0, 0.05) is 18.8 Å². The van der Waals surface area contributed by atoms with Crippen LogP contribution in [0.1, 0.15) is 19.8 Å². The molecular formula is C9H18N2. The van der Waals surface area contributed by atoms with Crippen molar-refractivity contribution in [3.8, 4) is 0 Å². The summed E-state index contributed by atoms with van der Waals surface area (Å²) < 4.78 is 0. The van der Waals surface area contributed by atoms with E-state index < -0.39 is 0 Å². The Labute approximate surface area is 69.3 Å². The molecule has 0 aliphatic carbocycles. The molecule has 11 heavy (non-hydrogen) atoms. The van der Waals surface area contributed by atoms with E-state index in [2.05, 4.69) is 30.8 Å². The Morgan fingerprint density at radius 2 is 2.00 bits per heavy atom. The van der Waals surface area contributed by atoms with Crippen LogP contribution in [0.3, 0.4) is 0 Å². The molecule has 0 aromatic heterocycles. The van der Waals surface area contributed by atoms with Gasteiger partial charge < -0.3 is 10.2 Å². The smallest absolute Gasteiger partial charge is 0.0307 e. The van der Waals surface area contributed by atoms with Crippen LogP contribution >= 0.6 is 0 Å². The molecule has 0 saturated carbocycles. The Balaban J connectivity index is 2.38. The number of nitrogens with zero attached hydrogens (tertiary/aromatic N) is 1. The number of nitrogens with one attached hydrogen (secondary N) is 1. The minimum atomic E-state index is 0.716. The Bertz CT molecular complexity index is 136. The van der Waals surface area contributed by atoms with Crippen LogP contribution in [0.5, 0.6) is 0 Å². The Hall–Kier alpha value is -0.500. The molecule has 1 N–H and O–H groups in total. The summed E-state index contributed by atoms with van der Waals surface area (Å²) in [7, 11) is 2.14. The molecule has 1 fully saturated rings. The largest absolute Gasteiger partial charge is 0.376 e. The van der Waals surface area contributed by atoms with Gasteiger partial charge in [0.15, 0.2) is 0 Å². The van der Waals surface area contributed by atoms with Crippen LogP contribution in [0, 0.1) is 0 Å². The number of hydrogen-bond donors (Lipinski definition) is 1. The van der Waals surface area contributed by atoms with Gasteiger partial charge >= 0.3 is 0 Å². The zero-order chi connectivity index (χ0) is 8.27. The molecule has 0 bridgehead atoms.